The van der Waals surface area contributed by atoms with E-state index in [0.29, 0.717) is 0 Å². The fraction of sp³-hybridized carbons (Fsp3) is 0.364. The van der Waals surface area contributed by atoms with Gasteiger partial charge in [-0.05, 0) is 19.9 Å². The van der Waals surface area contributed by atoms with Crippen LogP contribution in [-0.4, -0.2) is 15.0 Å². The van der Waals surface area contributed by atoms with Crippen LogP contribution >= 0.6 is 11.3 Å². The van der Waals surface area contributed by atoms with E-state index in [9.17, 15) is 0 Å². The molecule has 0 unspecified atom stereocenters. The minimum absolute atomic E-state index is 0.765. The molecular formula is C11H14N4S. The number of nitrogens with one attached hydrogen (secondary N) is 1. The Morgan fingerprint density at radius 1 is 1.25 bits per heavy atom. The summed E-state index contributed by atoms with van der Waals surface area (Å²) in [6.45, 7) is 5.54. The molecule has 5 heteroatoms. The molecule has 84 valence electrons. The van der Waals surface area contributed by atoms with E-state index in [4.69, 9.17) is 0 Å². The van der Waals surface area contributed by atoms with Gasteiger partial charge in [-0.25, -0.2) is 15.0 Å². The Kier molecular flexibility index (Phi) is 3.58. The third-order valence-electron chi connectivity index (χ3n) is 2.27. The summed E-state index contributed by atoms with van der Waals surface area (Å²) in [5.74, 6) is 0.813. The zero-order chi connectivity index (χ0) is 11.4. The Balaban J connectivity index is 1.87. The van der Waals surface area contributed by atoms with Gasteiger partial charge in [-0.3, -0.25) is 0 Å². The highest BCUT2D eigenvalue weighted by atomic mass is 32.1. The number of aryl methyl sites for hydroxylation is 2. The van der Waals surface area contributed by atoms with E-state index in [0.717, 1.165) is 30.3 Å². The highest BCUT2D eigenvalue weighted by Gasteiger charge is 2.01. The van der Waals surface area contributed by atoms with Crippen LogP contribution in [0.25, 0.3) is 0 Å². The standard InChI is InChI=1S/C11H14N4S/c1-8-11(16-7-14-8)6-12-5-10-3-4-13-9(2)15-10/h3-4,7,12H,5-6H2,1-2H3. The Bertz CT molecular complexity index is 467. The van der Waals surface area contributed by atoms with Crippen LogP contribution in [0.2, 0.25) is 0 Å². The molecule has 2 heterocycles. The summed E-state index contributed by atoms with van der Waals surface area (Å²) in [4.78, 5) is 13.9. The van der Waals surface area contributed by atoms with Gasteiger partial charge < -0.3 is 5.32 Å². The molecule has 0 radical (unpaired) electrons. The number of thiazole rings is 1. The van der Waals surface area contributed by atoms with Gasteiger partial charge in [0.25, 0.3) is 0 Å². The average molecular weight is 234 g/mol. The van der Waals surface area contributed by atoms with Crippen molar-refractivity contribution in [3.63, 3.8) is 0 Å². The third kappa shape index (κ3) is 2.84. The lowest BCUT2D eigenvalue weighted by atomic mass is 10.3. The van der Waals surface area contributed by atoms with Gasteiger partial charge in [-0.1, -0.05) is 0 Å². The van der Waals surface area contributed by atoms with Crippen LogP contribution in [-0.2, 0) is 13.1 Å². The average Bonchev–Trinajstić information content (AvgIpc) is 2.65. The number of hydrogen-bond donors (Lipinski definition) is 1. The van der Waals surface area contributed by atoms with Gasteiger partial charge in [-0.15, -0.1) is 11.3 Å². The van der Waals surface area contributed by atoms with Gasteiger partial charge in [0.05, 0.1) is 16.9 Å². The summed E-state index contributed by atoms with van der Waals surface area (Å²) < 4.78 is 0. The molecule has 4 nitrogen and oxygen atoms in total. The van der Waals surface area contributed by atoms with Crippen molar-refractivity contribution in [2.75, 3.05) is 0 Å². The first-order valence-corrected chi connectivity index (χ1v) is 6.02. The maximum atomic E-state index is 4.33. The van der Waals surface area contributed by atoms with E-state index in [1.165, 1.54) is 4.88 Å². The molecule has 2 aromatic heterocycles. The second-order valence-corrected chi connectivity index (χ2v) is 4.50. The zero-order valence-corrected chi connectivity index (χ0v) is 10.2. The van der Waals surface area contributed by atoms with Gasteiger partial charge in [0.1, 0.15) is 5.82 Å². The monoisotopic (exact) mass is 234 g/mol. The quantitative estimate of drug-likeness (QED) is 0.877. The molecular weight excluding hydrogens is 220 g/mol. The van der Waals surface area contributed by atoms with Crippen molar-refractivity contribution in [3.05, 3.63) is 39.9 Å². The normalized spacial score (nSPS) is 10.6. The van der Waals surface area contributed by atoms with Crippen LogP contribution in [0.5, 0.6) is 0 Å². The first-order chi connectivity index (χ1) is 7.75. The van der Waals surface area contributed by atoms with Crippen molar-refractivity contribution in [1.82, 2.24) is 20.3 Å². The third-order valence-corrected chi connectivity index (χ3v) is 3.21. The molecule has 0 aliphatic heterocycles. The molecule has 0 amide bonds. The molecule has 0 aliphatic carbocycles. The lowest BCUT2D eigenvalue weighted by Crippen LogP contribution is -2.14. The summed E-state index contributed by atoms with van der Waals surface area (Å²) >= 11 is 1.68. The van der Waals surface area contributed by atoms with E-state index in [2.05, 4.69) is 20.3 Å². The number of hydrogen-bond acceptors (Lipinski definition) is 5. The smallest absolute Gasteiger partial charge is 0.125 e. The first kappa shape index (κ1) is 11.2. The van der Waals surface area contributed by atoms with Crippen molar-refractivity contribution in [2.24, 2.45) is 0 Å². The van der Waals surface area contributed by atoms with Crippen molar-refractivity contribution >= 4 is 11.3 Å². The Hall–Kier alpha value is -1.33. The maximum Gasteiger partial charge on any atom is 0.125 e. The summed E-state index contributed by atoms with van der Waals surface area (Å²) in [6.07, 6.45) is 1.79. The minimum atomic E-state index is 0.765. The van der Waals surface area contributed by atoms with Crippen molar-refractivity contribution in [3.8, 4) is 0 Å². The highest BCUT2D eigenvalue weighted by Crippen LogP contribution is 2.11. The predicted octanol–water partition coefficient (Wildman–Crippen LogP) is 1.84. The van der Waals surface area contributed by atoms with Crippen molar-refractivity contribution < 1.29 is 0 Å². The number of aromatic nitrogens is 3. The summed E-state index contributed by atoms with van der Waals surface area (Å²) in [7, 11) is 0. The van der Waals surface area contributed by atoms with Crippen LogP contribution in [0.3, 0.4) is 0 Å². The van der Waals surface area contributed by atoms with Crippen molar-refractivity contribution in [2.45, 2.75) is 26.9 Å². The van der Waals surface area contributed by atoms with Crippen LogP contribution in [0.4, 0.5) is 0 Å². The van der Waals surface area contributed by atoms with Crippen molar-refractivity contribution in [1.29, 1.82) is 0 Å². The van der Waals surface area contributed by atoms with Gasteiger partial charge >= 0.3 is 0 Å². The molecule has 1 N–H and O–H groups in total. The Morgan fingerprint density at radius 2 is 2.12 bits per heavy atom. The summed E-state index contributed by atoms with van der Waals surface area (Å²) in [5, 5.41) is 3.35. The van der Waals surface area contributed by atoms with E-state index in [1.54, 1.807) is 17.5 Å². The second kappa shape index (κ2) is 5.14. The molecule has 2 aromatic rings. The zero-order valence-electron chi connectivity index (χ0n) is 9.40. The molecule has 0 bridgehead atoms. The SMILES string of the molecule is Cc1nccc(CNCc2scnc2C)n1. The van der Waals surface area contributed by atoms with E-state index in [1.807, 2.05) is 25.4 Å². The molecule has 0 spiro atoms. The number of nitrogens with zero attached hydrogens (tertiary/aromatic N) is 3. The van der Waals surface area contributed by atoms with Crippen LogP contribution in [0.1, 0.15) is 22.1 Å². The molecule has 16 heavy (non-hydrogen) atoms. The summed E-state index contributed by atoms with van der Waals surface area (Å²) in [5.41, 5.74) is 4.01. The van der Waals surface area contributed by atoms with Crippen LogP contribution in [0, 0.1) is 13.8 Å². The largest absolute Gasteiger partial charge is 0.306 e. The van der Waals surface area contributed by atoms with Gasteiger partial charge in [0.2, 0.25) is 0 Å². The minimum Gasteiger partial charge on any atom is -0.306 e. The molecule has 0 saturated carbocycles. The van der Waals surface area contributed by atoms with Crippen LogP contribution in [0.15, 0.2) is 17.8 Å². The maximum absolute atomic E-state index is 4.33. The van der Waals surface area contributed by atoms with E-state index < -0.39 is 0 Å². The molecule has 0 aliphatic rings. The molecule has 2 rings (SSSR count). The Morgan fingerprint density at radius 3 is 2.81 bits per heavy atom. The Labute approximate surface area is 98.8 Å². The van der Waals surface area contributed by atoms with Gasteiger partial charge in [-0.2, -0.15) is 0 Å². The molecule has 0 saturated heterocycles. The molecule has 0 atom stereocenters. The molecule has 0 fully saturated rings. The lowest BCUT2D eigenvalue weighted by molar-refractivity contribution is 0.678. The predicted molar refractivity (Wildman–Crippen MR) is 64.2 cm³/mol. The van der Waals surface area contributed by atoms with E-state index >= 15 is 0 Å². The number of rotatable bonds is 4. The highest BCUT2D eigenvalue weighted by molar-refractivity contribution is 7.09. The molecule has 0 aromatic carbocycles. The fourth-order valence-electron chi connectivity index (χ4n) is 1.40. The van der Waals surface area contributed by atoms with E-state index in [-0.39, 0.29) is 0 Å². The van der Waals surface area contributed by atoms with Crippen LogP contribution < -0.4 is 5.32 Å². The topological polar surface area (TPSA) is 50.7 Å². The summed E-state index contributed by atoms with van der Waals surface area (Å²) in [6, 6.07) is 1.93. The lowest BCUT2D eigenvalue weighted by Gasteiger charge is -2.03. The van der Waals surface area contributed by atoms with Gasteiger partial charge in [0, 0.05) is 24.2 Å². The van der Waals surface area contributed by atoms with Gasteiger partial charge in [0.15, 0.2) is 0 Å². The second-order valence-electron chi connectivity index (χ2n) is 3.56. The fourth-order valence-corrected chi connectivity index (χ4v) is 2.15. The first-order valence-electron chi connectivity index (χ1n) is 5.14.